The van der Waals surface area contributed by atoms with Crippen LogP contribution >= 0.6 is 0 Å². The molecular formula is C13H21NOSi. The molecule has 2 aliphatic rings. The van der Waals surface area contributed by atoms with Gasteiger partial charge < -0.3 is 4.90 Å². The zero-order chi connectivity index (χ0) is 11.9. The maximum absolute atomic E-state index is 12.4. The predicted octanol–water partition coefficient (Wildman–Crippen LogP) is 2.74. The molecule has 16 heavy (non-hydrogen) atoms. The highest BCUT2D eigenvalue weighted by molar-refractivity contribution is 6.87. The van der Waals surface area contributed by atoms with Crippen molar-refractivity contribution in [2.24, 2.45) is 0 Å². The van der Waals surface area contributed by atoms with Crippen LogP contribution in [0.3, 0.4) is 0 Å². The fraction of sp³-hybridized carbons (Fsp3) is 0.615. The maximum atomic E-state index is 12.4. The van der Waals surface area contributed by atoms with Gasteiger partial charge in [0.15, 0.2) is 0 Å². The molecule has 2 rings (SSSR count). The third-order valence-corrected chi connectivity index (χ3v) is 5.53. The van der Waals surface area contributed by atoms with Crippen LogP contribution in [0, 0.1) is 0 Å². The van der Waals surface area contributed by atoms with Gasteiger partial charge in [-0.05, 0) is 24.8 Å². The van der Waals surface area contributed by atoms with Gasteiger partial charge in [-0.2, -0.15) is 0 Å². The first-order valence-electron chi connectivity index (χ1n) is 6.13. The van der Waals surface area contributed by atoms with Crippen molar-refractivity contribution in [1.29, 1.82) is 0 Å². The topological polar surface area (TPSA) is 20.3 Å². The largest absolute Gasteiger partial charge is 0.332 e. The quantitative estimate of drug-likeness (QED) is 0.640. The first kappa shape index (κ1) is 11.6. The molecule has 0 spiro atoms. The van der Waals surface area contributed by atoms with Crippen LogP contribution in [0.4, 0.5) is 0 Å². The van der Waals surface area contributed by atoms with Crippen molar-refractivity contribution in [2.45, 2.75) is 44.9 Å². The Morgan fingerprint density at radius 3 is 2.69 bits per heavy atom. The van der Waals surface area contributed by atoms with Gasteiger partial charge in [-0.1, -0.05) is 32.3 Å². The summed E-state index contributed by atoms with van der Waals surface area (Å²) >= 11 is 0. The van der Waals surface area contributed by atoms with Gasteiger partial charge in [-0.3, -0.25) is 4.79 Å². The van der Waals surface area contributed by atoms with E-state index in [1.807, 2.05) is 0 Å². The maximum Gasteiger partial charge on any atom is 0.246 e. The molecule has 0 aromatic heterocycles. The number of fused-ring (bicyclic) bond motifs is 1. The number of carbonyl (C=O) groups excluding carboxylic acids is 1. The molecule has 1 atom stereocenters. The molecule has 0 saturated carbocycles. The van der Waals surface area contributed by atoms with Gasteiger partial charge in [0.05, 0.1) is 14.1 Å². The Morgan fingerprint density at radius 2 is 2.06 bits per heavy atom. The molecule has 0 aliphatic carbocycles. The normalized spacial score (nSPS) is 26.6. The summed E-state index contributed by atoms with van der Waals surface area (Å²) in [4.78, 5) is 14.5. The van der Waals surface area contributed by atoms with Gasteiger partial charge in [-0.25, -0.2) is 0 Å². The lowest BCUT2D eigenvalue weighted by Gasteiger charge is -2.42. The van der Waals surface area contributed by atoms with Crippen molar-refractivity contribution < 1.29 is 4.79 Å². The lowest BCUT2D eigenvalue weighted by molar-refractivity contribution is -0.129. The average Bonchev–Trinajstić information content (AvgIpc) is 2.22. The number of hydrogen-bond acceptors (Lipinski definition) is 1. The Bertz CT molecular complexity index is 365. The second-order valence-corrected chi connectivity index (χ2v) is 10.9. The van der Waals surface area contributed by atoms with Gasteiger partial charge in [0.25, 0.3) is 0 Å². The van der Waals surface area contributed by atoms with E-state index in [-0.39, 0.29) is 5.91 Å². The van der Waals surface area contributed by atoms with E-state index in [4.69, 9.17) is 0 Å². The minimum absolute atomic E-state index is 0.288. The van der Waals surface area contributed by atoms with Gasteiger partial charge in [0.1, 0.15) is 0 Å². The molecule has 0 bridgehead atoms. The number of nitrogens with zero attached hydrogens (tertiary/aromatic N) is 1. The van der Waals surface area contributed by atoms with E-state index < -0.39 is 8.07 Å². The molecule has 88 valence electrons. The van der Waals surface area contributed by atoms with E-state index in [0.717, 1.165) is 30.2 Å². The Kier molecular flexibility index (Phi) is 2.82. The third-order valence-electron chi connectivity index (χ3n) is 3.56. The fourth-order valence-corrected chi connectivity index (χ4v) is 4.00. The second-order valence-electron chi connectivity index (χ2n) is 5.89. The number of hydrogen-bond donors (Lipinski definition) is 0. The summed E-state index contributed by atoms with van der Waals surface area (Å²) in [5.41, 5.74) is 1.15. The van der Waals surface area contributed by atoms with Crippen LogP contribution in [0.2, 0.25) is 19.6 Å². The van der Waals surface area contributed by atoms with Crippen LogP contribution in [-0.4, -0.2) is 31.5 Å². The van der Waals surface area contributed by atoms with E-state index in [1.165, 1.54) is 6.42 Å². The van der Waals surface area contributed by atoms with E-state index in [9.17, 15) is 4.79 Å². The Labute approximate surface area is 99.0 Å². The van der Waals surface area contributed by atoms with Crippen LogP contribution in [0.5, 0.6) is 0 Å². The molecule has 1 unspecified atom stereocenters. The molecule has 3 heteroatoms. The second kappa shape index (κ2) is 3.88. The molecule has 1 saturated heterocycles. The van der Waals surface area contributed by atoms with E-state index in [1.54, 1.807) is 0 Å². The highest BCUT2D eigenvalue weighted by Crippen LogP contribution is 2.32. The minimum Gasteiger partial charge on any atom is -0.332 e. The summed E-state index contributed by atoms with van der Waals surface area (Å²) in [5.74, 6) is 0.288. The molecule has 2 nitrogen and oxygen atoms in total. The molecular weight excluding hydrogens is 214 g/mol. The monoisotopic (exact) mass is 235 g/mol. The Morgan fingerprint density at radius 1 is 1.38 bits per heavy atom. The number of piperidine rings is 1. The lowest BCUT2D eigenvalue weighted by atomic mass is 9.93. The minimum atomic E-state index is -1.53. The van der Waals surface area contributed by atoms with Crippen molar-refractivity contribution in [2.75, 3.05) is 6.54 Å². The molecule has 1 fully saturated rings. The first-order valence-corrected chi connectivity index (χ1v) is 9.63. The van der Waals surface area contributed by atoms with Crippen LogP contribution in [0.15, 0.2) is 23.4 Å². The molecule has 0 radical (unpaired) electrons. The number of carbonyl (C=O) groups is 1. The zero-order valence-corrected chi connectivity index (χ0v) is 11.5. The molecule has 0 N–H and O–H groups in total. The Hall–Kier alpha value is -0.833. The van der Waals surface area contributed by atoms with Crippen LogP contribution in [0.1, 0.15) is 19.3 Å². The number of amides is 1. The summed E-state index contributed by atoms with van der Waals surface area (Å²) in [5, 5.41) is 1.05. The molecule has 0 aromatic rings. The van der Waals surface area contributed by atoms with E-state index in [0.29, 0.717) is 6.04 Å². The van der Waals surface area contributed by atoms with E-state index >= 15 is 0 Å². The predicted molar refractivity (Wildman–Crippen MR) is 69.9 cm³/mol. The van der Waals surface area contributed by atoms with Gasteiger partial charge in [-0.15, -0.1) is 0 Å². The van der Waals surface area contributed by atoms with Gasteiger partial charge >= 0.3 is 0 Å². The van der Waals surface area contributed by atoms with Crippen molar-refractivity contribution in [3.8, 4) is 0 Å². The van der Waals surface area contributed by atoms with Crippen molar-refractivity contribution in [3.05, 3.63) is 23.4 Å². The van der Waals surface area contributed by atoms with Crippen molar-refractivity contribution >= 4 is 14.0 Å². The summed E-state index contributed by atoms with van der Waals surface area (Å²) < 4.78 is 0. The summed E-state index contributed by atoms with van der Waals surface area (Å²) in [6, 6.07) is 0.293. The third kappa shape index (κ3) is 1.88. The van der Waals surface area contributed by atoms with E-state index in [2.05, 4.69) is 37.2 Å². The smallest absolute Gasteiger partial charge is 0.246 e. The van der Waals surface area contributed by atoms with Crippen molar-refractivity contribution in [1.82, 2.24) is 4.90 Å². The highest BCUT2D eigenvalue weighted by atomic mass is 28.3. The summed E-state index contributed by atoms with van der Waals surface area (Å²) in [7, 11) is -1.53. The Balaban J connectivity index is 2.36. The van der Waals surface area contributed by atoms with Crippen LogP contribution in [-0.2, 0) is 4.79 Å². The summed E-state index contributed by atoms with van der Waals surface area (Å²) in [6.07, 6.45) is 5.55. The molecule has 1 amide bonds. The molecule has 2 aliphatic heterocycles. The van der Waals surface area contributed by atoms with Crippen LogP contribution in [0.25, 0.3) is 0 Å². The highest BCUT2D eigenvalue weighted by Gasteiger charge is 2.38. The van der Waals surface area contributed by atoms with Gasteiger partial charge in [0.2, 0.25) is 5.91 Å². The zero-order valence-electron chi connectivity index (χ0n) is 10.5. The lowest BCUT2D eigenvalue weighted by Crippen LogP contribution is -2.51. The standard InChI is InChI=1S/C13H21NOSi/c1-10-9-12(16(2,3)4)13(15)14-8-6-5-7-11(10)14/h9,11H,1,5-8H2,2-4H3. The fourth-order valence-electron chi connectivity index (χ4n) is 2.60. The molecule has 0 aromatic carbocycles. The first-order chi connectivity index (χ1) is 7.41. The van der Waals surface area contributed by atoms with Gasteiger partial charge in [0, 0.05) is 11.7 Å². The SMILES string of the molecule is C=C1C=C([Si](C)(C)C)C(=O)N2CCCCC12. The molecule has 2 heterocycles. The number of rotatable bonds is 1. The summed E-state index contributed by atoms with van der Waals surface area (Å²) in [6.45, 7) is 11.8. The average molecular weight is 235 g/mol. The van der Waals surface area contributed by atoms with Crippen molar-refractivity contribution in [3.63, 3.8) is 0 Å². The van der Waals surface area contributed by atoms with Crippen LogP contribution < -0.4 is 0 Å².